The Kier molecular flexibility index (Phi) is 7.88. The van der Waals surface area contributed by atoms with Crippen LogP contribution in [0.3, 0.4) is 0 Å². The van der Waals surface area contributed by atoms with Crippen LogP contribution in [0, 0.1) is 16.7 Å². The van der Waals surface area contributed by atoms with E-state index < -0.39 is 11.5 Å². The van der Waals surface area contributed by atoms with Crippen molar-refractivity contribution in [1.82, 2.24) is 15.2 Å². The highest BCUT2D eigenvalue weighted by atomic mass is 32.1. The number of hydrogen-bond donors (Lipinski definition) is 4. The lowest BCUT2D eigenvalue weighted by Crippen LogP contribution is -2.57. The Morgan fingerprint density at radius 3 is 2.73 bits per heavy atom. The van der Waals surface area contributed by atoms with Crippen molar-refractivity contribution in [3.63, 3.8) is 0 Å². The Balaban J connectivity index is 1.39. The number of anilines is 2. The Morgan fingerprint density at radius 1 is 1.24 bits per heavy atom. The molecule has 1 aromatic heterocycles. The summed E-state index contributed by atoms with van der Waals surface area (Å²) >= 11 is 1.63. The summed E-state index contributed by atoms with van der Waals surface area (Å²) in [7, 11) is 0. The number of ether oxygens (including phenoxy) is 1. The molecule has 0 bridgehead atoms. The first-order valence-electron chi connectivity index (χ1n) is 13.5. The van der Waals surface area contributed by atoms with E-state index in [2.05, 4.69) is 22.5 Å². The molecule has 2 aromatic rings. The number of para-hydroxylation sites is 1. The number of fused-ring (bicyclic) bond motifs is 2. The molecule has 2 heterocycles. The molecule has 1 saturated carbocycles. The molecule has 1 aliphatic heterocycles. The summed E-state index contributed by atoms with van der Waals surface area (Å²) in [6.45, 7) is 8.92. The Morgan fingerprint density at radius 2 is 2.00 bits per heavy atom. The zero-order valence-electron chi connectivity index (χ0n) is 21.9. The summed E-state index contributed by atoms with van der Waals surface area (Å²) in [6.07, 6.45) is 1.97. The second-order valence-electron chi connectivity index (χ2n) is 11.4. The van der Waals surface area contributed by atoms with E-state index in [1.54, 1.807) is 11.3 Å². The minimum atomic E-state index is -0.618. The monoisotopic (exact) mass is 528 g/mol. The van der Waals surface area contributed by atoms with E-state index in [1.165, 1.54) is 0 Å². The standard InChI is InChI=1S/C28H40N4O4S/c1-27-9-8-23(34)28(2,18-33)22(27)17-21-25(31-26(37-21)30-19-6-4-3-5-7-19)20(27)16-24(35)29-10-11-32-12-14-36-15-13-32/h3-7,20,22-23,33-34H,8-18H2,1-2H3,(H,29,35)(H,30,31). The fourth-order valence-electron chi connectivity index (χ4n) is 6.78. The summed E-state index contributed by atoms with van der Waals surface area (Å²) in [5.41, 5.74) is 1.11. The van der Waals surface area contributed by atoms with E-state index in [-0.39, 0.29) is 29.8 Å². The number of hydrogen-bond acceptors (Lipinski definition) is 8. The van der Waals surface area contributed by atoms with Crippen molar-refractivity contribution in [1.29, 1.82) is 0 Å². The van der Waals surface area contributed by atoms with Gasteiger partial charge in [-0.25, -0.2) is 4.98 Å². The maximum atomic E-state index is 13.3. The minimum absolute atomic E-state index is 0.0356. The maximum absolute atomic E-state index is 13.3. The van der Waals surface area contributed by atoms with Crippen LogP contribution in [0.2, 0.25) is 0 Å². The summed E-state index contributed by atoms with van der Waals surface area (Å²) in [5.74, 6) is 0.0106. The molecule has 9 heteroatoms. The van der Waals surface area contributed by atoms with Gasteiger partial charge in [0, 0.05) is 54.5 Å². The molecule has 202 valence electrons. The largest absolute Gasteiger partial charge is 0.396 e. The van der Waals surface area contributed by atoms with Gasteiger partial charge in [0.05, 0.1) is 31.6 Å². The smallest absolute Gasteiger partial charge is 0.220 e. The van der Waals surface area contributed by atoms with Crippen LogP contribution in [0.5, 0.6) is 0 Å². The molecular formula is C28H40N4O4S. The number of carbonyl (C=O) groups is 1. The number of aliphatic hydroxyl groups is 2. The van der Waals surface area contributed by atoms with Crippen LogP contribution < -0.4 is 10.6 Å². The lowest BCUT2D eigenvalue weighted by atomic mass is 9.47. The van der Waals surface area contributed by atoms with Crippen LogP contribution >= 0.6 is 11.3 Å². The van der Waals surface area contributed by atoms with Crippen LogP contribution in [0.15, 0.2) is 30.3 Å². The highest BCUT2D eigenvalue weighted by Gasteiger charge is 2.59. The Hall–Kier alpha value is -2.04. The molecule has 1 saturated heterocycles. The van der Waals surface area contributed by atoms with Gasteiger partial charge in [-0.2, -0.15) is 0 Å². The van der Waals surface area contributed by atoms with Crippen LogP contribution in [-0.4, -0.2) is 78.1 Å². The number of amides is 1. The van der Waals surface area contributed by atoms with Gasteiger partial charge in [0.15, 0.2) is 5.13 Å². The quantitative estimate of drug-likeness (QED) is 0.417. The number of nitrogens with one attached hydrogen (secondary N) is 2. The number of aliphatic hydroxyl groups excluding tert-OH is 2. The van der Waals surface area contributed by atoms with Crippen molar-refractivity contribution in [2.24, 2.45) is 16.7 Å². The molecular weight excluding hydrogens is 488 g/mol. The van der Waals surface area contributed by atoms with Crippen LogP contribution in [0.4, 0.5) is 10.8 Å². The molecule has 1 aromatic carbocycles. The molecule has 4 N–H and O–H groups in total. The maximum Gasteiger partial charge on any atom is 0.220 e. The topological polar surface area (TPSA) is 107 Å². The zero-order chi connectivity index (χ0) is 26.0. The van der Waals surface area contributed by atoms with Crippen molar-refractivity contribution in [3.8, 4) is 0 Å². The third-order valence-corrected chi connectivity index (χ3v) is 10.2. The van der Waals surface area contributed by atoms with Crippen molar-refractivity contribution >= 4 is 28.1 Å². The number of rotatable bonds is 8. The summed E-state index contributed by atoms with van der Waals surface area (Å²) in [6, 6.07) is 9.99. The van der Waals surface area contributed by atoms with Gasteiger partial charge in [0.2, 0.25) is 5.91 Å². The van der Waals surface area contributed by atoms with E-state index in [1.807, 2.05) is 37.3 Å². The van der Waals surface area contributed by atoms with Gasteiger partial charge in [-0.15, -0.1) is 11.3 Å². The minimum Gasteiger partial charge on any atom is -0.396 e. The number of thiazole rings is 1. The SMILES string of the molecule is CC1(CO)C(O)CCC2(C)C(CC(=O)NCCN3CCOCC3)c3nc(Nc4ccccc4)sc3CC12. The second-order valence-corrected chi connectivity index (χ2v) is 12.4. The number of nitrogens with zero attached hydrogens (tertiary/aromatic N) is 2. The van der Waals surface area contributed by atoms with Crippen LogP contribution in [0.1, 0.15) is 49.6 Å². The Labute approximate surface area is 223 Å². The number of morpholine rings is 1. The average Bonchev–Trinajstić information content (AvgIpc) is 3.31. The number of aromatic nitrogens is 1. The molecule has 37 heavy (non-hydrogen) atoms. The Bertz CT molecular complexity index is 1080. The summed E-state index contributed by atoms with van der Waals surface area (Å²) in [5, 5.41) is 28.8. The normalized spacial score (nSPS) is 31.8. The van der Waals surface area contributed by atoms with Crippen molar-refractivity contribution in [3.05, 3.63) is 40.9 Å². The van der Waals surface area contributed by atoms with Gasteiger partial charge in [-0.05, 0) is 42.7 Å². The lowest BCUT2D eigenvalue weighted by Gasteiger charge is -2.58. The van der Waals surface area contributed by atoms with Gasteiger partial charge in [0.1, 0.15) is 0 Å². The molecule has 5 rings (SSSR count). The van der Waals surface area contributed by atoms with Crippen LogP contribution in [-0.2, 0) is 16.0 Å². The molecule has 2 fully saturated rings. The van der Waals surface area contributed by atoms with E-state index in [0.29, 0.717) is 19.4 Å². The molecule has 0 spiro atoms. The van der Waals surface area contributed by atoms with Gasteiger partial charge < -0.3 is 25.6 Å². The number of benzene rings is 1. The third kappa shape index (κ3) is 5.29. The van der Waals surface area contributed by atoms with Gasteiger partial charge in [-0.3, -0.25) is 9.69 Å². The highest BCUT2D eigenvalue weighted by Crippen LogP contribution is 2.62. The predicted molar refractivity (Wildman–Crippen MR) is 145 cm³/mol. The van der Waals surface area contributed by atoms with E-state index in [9.17, 15) is 15.0 Å². The predicted octanol–water partition coefficient (Wildman–Crippen LogP) is 3.14. The van der Waals surface area contributed by atoms with Crippen LogP contribution in [0.25, 0.3) is 0 Å². The molecule has 8 nitrogen and oxygen atoms in total. The first kappa shape index (κ1) is 26.6. The van der Waals surface area contributed by atoms with Crippen molar-refractivity contribution in [2.45, 2.75) is 51.6 Å². The molecule has 1 amide bonds. The highest BCUT2D eigenvalue weighted by molar-refractivity contribution is 7.15. The fourth-order valence-corrected chi connectivity index (χ4v) is 7.87. The first-order valence-corrected chi connectivity index (χ1v) is 14.3. The summed E-state index contributed by atoms with van der Waals surface area (Å²) < 4.78 is 5.42. The van der Waals surface area contributed by atoms with E-state index in [4.69, 9.17) is 9.72 Å². The molecule has 3 aliphatic rings. The first-order chi connectivity index (χ1) is 17.8. The van der Waals surface area contributed by atoms with E-state index in [0.717, 1.165) is 67.1 Å². The third-order valence-electron chi connectivity index (χ3n) is 9.16. The zero-order valence-corrected chi connectivity index (χ0v) is 22.7. The summed E-state index contributed by atoms with van der Waals surface area (Å²) in [4.78, 5) is 21.8. The van der Waals surface area contributed by atoms with Gasteiger partial charge >= 0.3 is 0 Å². The molecule has 2 aliphatic carbocycles. The fraction of sp³-hybridized carbons (Fsp3) is 0.643. The van der Waals surface area contributed by atoms with E-state index >= 15 is 0 Å². The van der Waals surface area contributed by atoms with Crippen molar-refractivity contribution in [2.75, 3.05) is 51.3 Å². The van der Waals surface area contributed by atoms with Gasteiger partial charge in [0.25, 0.3) is 0 Å². The molecule has 5 unspecified atom stereocenters. The number of carbonyl (C=O) groups excluding carboxylic acids is 1. The molecule has 5 atom stereocenters. The lowest BCUT2D eigenvalue weighted by molar-refractivity contribution is -0.144. The molecule has 0 radical (unpaired) electrons. The van der Waals surface area contributed by atoms with Crippen molar-refractivity contribution < 1.29 is 19.7 Å². The second kappa shape index (κ2) is 11.0. The van der Waals surface area contributed by atoms with Gasteiger partial charge in [-0.1, -0.05) is 32.0 Å². The average molecular weight is 529 g/mol.